The molecule has 1 rings (SSSR count). The summed E-state index contributed by atoms with van der Waals surface area (Å²) in [5.41, 5.74) is 0. The SMILES string of the molecule is COc1cc(OC)nc(SC(C=NN)C(C)C)n1. The fourth-order valence-corrected chi connectivity index (χ4v) is 2.12. The molecule has 1 heterocycles. The number of nitrogens with zero attached hydrogens (tertiary/aromatic N) is 3. The molecule has 2 N–H and O–H groups in total. The van der Waals surface area contributed by atoms with Crippen LogP contribution >= 0.6 is 11.8 Å². The Morgan fingerprint density at radius 1 is 1.28 bits per heavy atom. The van der Waals surface area contributed by atoms with Crippen molar-refractivity contribution >= 4 is 18.0 Å². The zero-order valence-electron chi connectivity index (χ0n) is 11.0. The highest BCUT2D eigenvalue weighted by Crippen LogP contribution is 2.27. The van der Waals surface area contributed by atoms with E-state index in [0.717, 1.165) is 0 Å². The van der Waals surface area contributed by atoms with Crippen LogP contribution in [0.5, 0.6) is 11.8 Å². The molecule has 1 atom stereocenters. The lowest BCUT2D eigenvalue weighted by Crippen LogP contribution is -2.14. The van der Waals surface area contributed by atoms with E-state index in [2.05, 4.69) is 28.9 Å². The van der Waals surface area contributed by atoms with Crippen molar-refractivity contribution in [3.8, 4) is 11.8 Å². The van der Waals surface area contributed by atoms with E-state index in [1.165, 1.54) is 11.8 Å². The van der Waals surface area contributed by atoms with E-state index in [0.29, 0.717) is 22.8 Å². The highest BCUT2D eigenvalue weighted by molar-refractivity contribution is 8.00. The molecule has 0 aliphatic heterocycles. The number of hydrogen-bond donors (Lipinski definition) is 1. The topological polar surface area (TPSA) is 82.6 Å². The first-order chi connectivity index (χ1) is 8.60. The van der Waals surface area contributed by atoms with Crippen molar-refractivity contribution in [3.63, 3.8) is 0 Å². The molecule has 0 aliphatic rings. The van der Waals surface area contributed by atoms with Gasteiger partial charge in [-0.05, 0) is 5.92 Å². The number of nitrogens with two attached hydrogens (primary N) is 1. The maximum absolute atomic E-state index is 5.20. The highest BCUT2D eigenvalue weighted by Gasteiger charge is 2.16. The van der Waals surface area contributed by atoms with Crippen molar-refractivity contribution in [2.45, 2.75) is 24.3 Å². The molecule has 1 unspecified atom stereocenters. The highest BCUT2D eigenvalue weighted by atomic mass is 32.2. The summed E-state index contributed by atoms with van der Waals surface area (Å²) in [5, 5.41) is 4.25. The van der Waals surface area contributed by atoms with E-state index in [9.17, 15) is 0 Å². The second-order valence-electron chi connectivity index (χ2n) is 3.86. The molecule has 0 aromatic carbocycles. The molecular weight excluding hydrogens is 252 g/mol. The fourth-order valence-electron chi connectivity index (χ4n) is 1.19. The number of hydrazone groups is 1. The van der Waals surface area contributed by atoms with E-state index in [-0.39, 0.29) is 5.25 Å². The van der Waals surface area contributed by atoms with Gasteiger partial charge in [-0.25, -0.2) is 0 Å². The van der Waals surface area contributed by atoms with Crippen LogP contribution in [0.1, 0.15) is 13.8 Å². The van der Waals surface area contributed by atoms with Crippen LogP contribution in [-0.4, -0.2) is 35.7 Å². The Labute approximate surface area is 111 Å². The second-order valence-corrected chi connectivity index (χ2v) is 5.01. The molecule has 7 heteroatoms. The Bertz CT molecular complexity index is 390. The first kappa shape index (κ1) is 14.6. The van der Waals surface area contributed by atoms with Crippen LogP contribution in [0.3, 0.4) is 0 Å². The molecule has 100 valence electrons. The average molecular weight is 270 g/mol. The molecule has 0 amide bonds. The van der Waals surface area contributed by atoms with Gasteiger partial charge in [-0.3, -0.25) is 0 Å². The Hall–Kier alpha value is -1.50. The Morgan fingerprint density at radius 3 is 2.22 bits per heavy atom. The normalized spacial score (nSPS) is 12.9. The molecule has 0 fully saturated rings. The zero-order chi connectivity index (χ0) is 13.5. The number of thioether (sulfide) groups is 1. The third-order valence-electron chi connectivity index (χ3n) is 2.21. The van der Waals surface area contributed by atoms with Crippen LogP contribution in [0.25, 0.3) is 0 Å². The lowest BCUT2D eigenvalue weighted by atomic mass is 10.1. The summed E-state index contributed by atoms with van der Waals surface area (Å²) >= 11 is 1.47. The summed E-state index contributed by atoms with van der Waals surface area (Å²) in [7, 11) is 3.11. The van der Waals surface area contributed by atoms with E-state index in [4.69, 9.17) is 15.3 Å². The van der Waals surface area contributed by atoms with Crippen molar-refractivity contribution in [2.24, 2.45) is 16.9 Å². The summed E-state index contributed by atoms with van der Waals surface area (Å²) in [6.45, 7) is 4.16. The summed E-state index contributed by atoms with van der Waals surface area (Å²) in [5.74, 6) is 6.50. The molecule has 18 heavy (non-hydrogen) atoms. The predicted octanol–water partition coefficient (Wildman–Crippen LogP) is 1.56. The van der Waals surface area contributed by atoms with Gasteiger partial charge in [0, 0.05) is 6.21 Å². The van der Waals surface area contributed by atoms with Gasteiger partial charge in [0.1, 0.15) is 0 Å². The smallest absolute Gasteiger partial charge is 0.220 e. The molecule has 0 saturated heterocycles. The summed E-state index contributed by atoms with van der Waals surface area (Å²) in [4.78, 5) is 8.50. The number of ether oxygens (including phenoxy) is 2. The van der Waals surface area contributed by atoms with Crippen molar-refractivity contribution in [3.05, 3.63) is 6.07 Å². The van der Waals surface area contributed by atoms with Gasteiger partial charge in [-0.15, -0.1) is 0 Å². The Morgan fingerprint density at radius 2 is 1.83 bits per heavy atom. The van der Waals surface area contributed by atoms with E-state index >= 15 is 0 Å². The molecule has 0 bridgehead atoms. The average Bonchev–Trinajstić information content (AvgIpc) is 2.37. The van der Waals surface area contributed by atoms with E-state index < -0.39 is 0 Å². The molecular formula is C11H18N4O2S. The lowest BCUT2D eigenvalue weighted by molar-refractivity contribution is 0.364. The third-order valence-corrected chi connectivity index (χ3v) is 3.54. The number of hydrogen-bond acceptors (Lipinski definition) is 7. The van der Waals surface area contributed by atoms with Gasteiger partial charge in [0.2, 0.25) is 11.8 Å². The van der Waals surface area contributed by atoms with Crippen LogP contribution in [0, 0.1) is 5.92 Å². The van der Waals surface area contributed by atoms with Gasteiger partial charge in [0.25, 0.3) is 0 Å². The zero-order valence-corrected chi connectivity index (χ0v) is 11.8. The lowest BCUT2D eigenvalue weighted by Gasteiger charge is -2.14. The van der Waals surface area contributed by atoms with Crippen LogP contribution in [-0.2, 0) is 0 Å². The minimum Gasteiger partial charge on any atom is -0.481 e. The molecule has 0 radical (unpaired) electrons. The first-order valence-corrected chi connectivity index (χ1v) is 6.35. The van der Waals surface area contributed by atoms with Crippen molar-refractivity contribution < 1.29 is 9.47 Å². The monoisotopic (exact) mass is 270 g/mol. The largest absolute Gasteiger partial charge is 0.481 e. The van der Waals surface area contributed by atoms with Crippen molar-refractivity contribution in [2.75, 3.05) is 14.2 Å². The summed E-state index contributed by atoms with van der Waals surface area (Å²) in [6.07, 6.45) is 1.69. The van der Waals surface area contributed by atoms with Gasteiger partial charge in [0.05, 0.1) is 25.5 Å². The number of rotatable bonds is 6. The van der Waals surface area contributed by atoms with Crippen LogP contribution < -0.4 is 15.3 Å². The van der Waals surface area contributed by atoms with Gasteiger partial charge in [-0.2, -0.15) is 15.1 Å². The predicted molar refractivity (Wildman–Crippen MR) is 72.3 cm³/mol. The van der Waals surface area contributed by atoms with Crippen LogP contribution in [0.4, 0.5) is 0 Å². The molecule has 0 saturated carbocycles. The van der Waals surface area contributed by atoms with Crippen LogP contribution in [0.15, 0.2) is 16.3 Å². The summed E-state index contributed by atoms with van der Waals surface area (Å²) in [6, 6.07) is 1.63. The standard InChI is InChI=1S/C11H18N4O2S/c1-7(2)8(6-13-12)18-11-14-9(16-3)5-10(15-11)17-4/h5-8H,12H2,1-4H3. The maximum Gasteiger partial charge on any atom is 0.220 e. The Kier molecular flexibility index (Phi) is 5.70. The van der Waals surface area contributed by atoms with E-state index in [1.807, 2.05) is 0 Å². The molecule has 6 nitrogen and oxygen atoms in total. The maximum atomic E-state index is 5.20. The number of aromatic nitrogens is 2. The van der Waals surface area contributed by atoms with E-state index in [1.54, 1.807) is 26.5 Å². The fraction of sp³-hybridized carbons (Fsp3) is 0.545. The van der Waals surface area contributed by atoms with Gasteiger partial charge in [0.15, 0.2) is 5.16 Å². The second kappa shape index (κ2) is 7.05. The number of methoxy groups -OCH3 is 2. The molecule has 1 aromatic heterocycles. The molecule has 0 aliphatic carbocycles. The third kappa shape index (κ3) is 4.06. The van der Waals surface area contributed by atoms with Gasteiger partial charge in [-0.1, -0.05) is 25.6 Å². The first-order valence-electron chi connectivity index (χ1n) is 5.47. The minimum absolute atomic E-state index is 0.104. The molecule has 1 aromatic rings. The van der Waals surface area contributed by atoms with Crippen LogP contribution in [0.2, 0.25) is 0 Å². The Balaban J connectivity index is 2.94. The van der Waals surface area contributed by atoms with Gasteiger partial charge >= 0.3 is 0 Å². The van der Waals surface area contributed by atoms with Gasteiger partial charge < -0.3 is 15.3 Å². The van der Waals surface area contributed by atoms with Crippen molar-refractivity contribution in [1.29, 1.82) is 0 Å². The quantitative estimate of drug-likeness (QED) is 0.278. The molecule has 0 spiro atoms. The van der Waals surface area contributed by atoms with Crippen molar-refractivity contribution in [1.82, 2.24) is 9.97 Å². The summed E-state index contributed by atoms with van der Waals surface area (Å²) < 4.78 is 10.2. The minimum atomic E-state index is 0.104.